The third kappa shape index (κ3) is 5.69. The lowest BCUT2D eigenvalue weighted by atomic mass is 10.0. The molecule has 2 atom stereocenters. The first-order valence-electron chi connectivity index (χ1n) is 8.77. The van der Waals surface area contributed by atoms with Gasteiger partial charge in [-0.25, -0.2) is 9.59 Å². The zero-order chi connectivity index (χ0) is 20.0. The maximum absolute atomic E-state index is 11.9. The minimum Gasteiger partial charge on any atom is -0.458 e. The van der Waals surface area contributed by atoms with E-state index in [2.05, 4.69) is 6.58 Å². The lowest BCUT2D eigenvalue weighted by Gasteiger charge is -2.24. The average molecular weight is 374 g/mol. The van der Waals surface area contributed by atoms with Crippen molar-refractivity contribution in [2.75, 3.05) is 7.11 Å². The van der Waals surface area contributed by atoms with E-state index >= 15 is 0 Å². The van der Waals surface area contributed by atoms with E-state index in [0.717, 1.165) is 17.6 Å². The number of cyclic esters (lactones) is 1. The first-order valence-corrected chi connectivity index (χ1v) is 8.77. The maximum Gasteiger partial charge on any atom is 0.336 e. The van der Waals surface area contributed by atoms with Crippen LogP contribution >= 0.6 is 0 Å². The van der Waals surface area contributed by atoms with Crippen LogP contribution in [0.3, 0.4) is 0 Å². The molecule has 0 aromatic heterocycles. The number of rotatable bonds is 8. The highest BCUT2D eigenvalue weighted by atomic mass is 16.7. The number of carbonyl (C=O) groups excluding carboxylic acids is 2. The van der Waals surface area contributed by atoms with Crippen LogP contribution in [0.2, 0.25) is 0 Å². The third-order valence-corrected chi connectivity index (χ3v) is 4.30. The summed E-state index contributed by atoms with van der Waals surface area (Å²) in [5, 5.41) is 0. The number of allylic oxidation sites excluding steroid dienone is 2. The molecule has 27 heavy (non-hydrogen) atoms. The van der Waals surface area contributed by atoms with Crippen LogP contribution in [-0.4, -0.2) is 31.1 Å². The maximum atomic E-state index is 11.9. The van der Waals surface area contributed by atoms with Crippen molar-refractivity contribution in [1.29, 1.82) is 0 Å². The van der Waals surface area contributed by atoms with Gasteiger partial charge in [0.25, 0.3) is 6.29 Å². The quantitative estimate of drug-likeness (QED) is 0.365. The molecule has 6 nitrogen and oxygen atoms in total. The normalized spacial score (nSPS) is 25.3. The molecule has 146 valence electrons. The summed E-state index contributed by atoms with van der Waals surface area (Å²) < 4.78 is 21.0. The smallest absolute Gasteiger partial charge is 0.336 e. The van der Waals surface area contributed by atoms with Crippen LogP contribution in [0.15, 0.2) is 59.4 Å². The summed E-state index contributed by atoms with van der Waals surface area (Å²) in [5.41, 5.74) is 3.08. The van der Waals surface area contributed by atoms with E-state index in [9.17, 15) is 9.59 Å². The van der Waals surface area contributed by atoms with Crippen molar-refractivity contribution in [2.24, 2.45) is 0 Å². The molecule has 2 heterocycles. The Morgan fingerprint density at radius 2 is 2.11 bits per heavy atom. The molecule has 0 saturated carbocycles. The lowest BCUT2D eigenvalue weighted by Crippen LogP contribution is -2.30. The summed E-state index contributed by atoms with van der Waals surface area (Å²) >= 11 is 0. The highest BCUT2D eigenvalue weighted by molar-refractivity contribution is 5.90. The van der Waals surface area contributed by atoms with Crippen molar-refractivity contribution in [3.8, 4) is 0 Å². The van der Waals surface area contributed by atoms with E-state index in [-0.39, 0.29) is 5.97 Å². The largest absolute Gasteiger partial charge is 0.458 e. The van der Waals surface area contributed by atoms with Gasteiger partial charge in [-0.1, -0.05) is 23.8 Å². The fourth-order valence-corrected chi connectivity index (χ4v) is 2.80. The average Bonchev–Trinajstić information content (AvgIpc) is 3.11. The van der Waals surface area contributed by atoms with Crippen LogP contribution in [0.25, 0.3) is 0 Å². The molecule has 0 spiro atoms. The molecule has 2 aliphatic rings. The molecule has 0 saturated heterocycles. The SMILES string of the molecule is C=C1C=COC1OC(=O)/C=C(\C)CC/C=C(\C)CC1(OC)C=C(C)C(=O)O1. The van der Waals surface area contributed by atoms with Crippen LogP contribution in [-0.2, 0) is 28.5 Å². The van der Waals surface area contributed by atoms with Gasteiger partial charge in [0.1, 0.15) is 0 Å². The molecular weight excluding hydrogens is 348 g/mol. The number of esters is 2. The number of carbonyl (C=O) groups is 2. The standard InChI is InChI=1S/C21H26O6/c1-14(11-18(22)26-20-16(3)9-10-25-20)7-6-8-15(2)12-21(24-5)13-17(4)19(23)27-21/h8-11,13,20H,3,6-7,12H2,1-2,4-5H3/b14-11+,15-8+. The Labute approximate surface area is 159 Å². The second kappa shape index (κ2) is 8.86. The molecule has 2 aliphatic heterocycles. The molecule has 6 heteroatoms. The summed E-state index contributed by atoms with van der Waals surface area (Å²) in [6.45, 7) is 9.27. The summed E-state index contributed by atoms with van der Waals surface area (Å²) in [7, 11) is 1.52. The predicted octanol–water partition coefficient (Wildman–Crippen LogP) is 3.86. The summed E-state index contributed by atoms with van der Waals surface area (Å²) in [5.74, 6) is -1.83. The van der Waals surface area contributed by atoms with Crippen molar-refractivity contribution in [3.63, 3.8) is 0 Å². The zero-order valence-corrected chi connectivity index (χ0v) is 16.2. The lowest BCUT2D eigenvalue weighted by molar-refractivity contribution is -0.188. The van der Waals surface area contributed by atoms with Crippen molar-refractivity contribution >= 4 is 11.9 Å². The molecule has 2 unspecified atom stereocenters. The zero-order valence-electron chi connectivity index (χ0n) is 16.2. The minimum absolute atomic E-state index is 0.355. The molecule has 0 aromatic carbocycles. The Morgan fingerprint density at radius 1 is 1.37 bits per heavy atom. The number of hydrogen-bond acceptors (Lipinski definition) is 6. The second-order valence-electron chi connectivity index (χ2n) is 6.77. The van der Waals surface area contributed by atoms with Crippen LogP contribution in [0.4, 0.5) is 0 Å². The fourth-order valence-electron chi connectivity index (χ4n) is 2.80. The van der Waals surface area contributed by atoms with Crippen LogP contribution in [0.1, 0.15) is 40.0 Å². The highest BCUT2D eigenvalue weighted by Crippen LogP contribution is 2.31. The minimum atomic E-state index is -1.02. The third-order valence-electron chi connectivity index (χ3n) is 4.30. The molecule has 0 N–H and O–H groups in total. The van der Waals surface area contributed by atoms with E-state index in [1.165, 1.54) is 19.4 Å². The molecule has 0 bridgehead atoms. The summed E-state index contributed by atoms with van der Waals surface area (Å²) in [6, 6.07) is 0. The van der Waals surface area contributed by atoms with Gasteiger partial charge < -0.3 is 18.9 Å². The van der Waals surface area contributed by atoms with Gasteiger partial charge in [0, 0.05) is 30.8 Å². The Balaban J connectivity index is 1.82. The fraction of sp³-hybridized carbons (Fsp3) is 0.429. The highest BCUT2D eigenvalue weighted by Gasteiger charge is 2.38. The second-order valence-corrected chi connectivity index (χ2v) is 6.77. The van der Waals surface area contributed by atoms with Gasteiger partial charge in [-0.2, -0.15) is 0 Å². The Bertz CT molecular complexity index is 740. The molecule has 0 amide bonds. The first-order chi connectivity index (χ1) is 12.7. The number of hydrogen-bond donors (Lipinski definition) is 0. The molecule has 0 fully saturated rings. The topological polar surface area (TPSA) is 71.1 Å². The van der Waals surface area contributed by atoms with Gasteiger partial charge >= 0.3 is 11.9 Å². The summed E-state index contributed by atoms with van der Waals surface area (Å²) in [4.78, 5) is 23.5. The molecule has 0 aromatic rings. The van der Waals surface area contributed by atoms with Crippen LogP contribution in [0.5, 0.6) is 0 Å². The monoisotopic (exact) mass is 374 g/mol. The Morgan fingerprint density at radius 3 is 2.67 bits per heavy atom. The number of ether oxygens (including phenoxy) is 4. The van der Waals surface area contributed by atoms with Crippen molar-refractivity contribution in [2.45, 2.75) is 52.1 Å². The van der Waals surface area contributed by atoms with Crippen molar-refractivity contribution in [3.05, 3.63) is 59.4 Å². The first kappa shape index (κ1) is 20.7. The molecule has 2 rings (SSSR count). The van der Waals surface area contributed by atoms with Gasteiger partial charge in [0.2, 0.25) is 5.79 Å². The van der Waals surface area contributed by atoms with E-state index in [4.69, 9.17) is 18.9 Å². The Kier molecular flexibility index (Phi) is 6.80. The van der Waals surface area contributed by atoms with E-state index in [0.29, 0.717) is 24.0 Å². The molecule has 0 radical (unpaired) electrons. The number of methoxy groups -OCH3 is 1. The van der Waals surface area contributed by atoms with Crippen molar-refractivity contribution in [1.82, 2.24) is 0 Å². The predicted molar refractivity (Wildman–Crippen MR) is 100 cm³/mol. The van der Waals surface area contributed by atoms with E-state index in [1.807, 2.05) is 19.9 Å². The van der Waals surface area contributed by atoms with E-state index in [1.54, 1.807) is 19.1 Å². The van der Waals surface area contributed by atoms with E-state index < -0.39 is 18.0 Å². The molecule has 0 aliphatic carbocycles. The van der Waals surface area contributed by atoms with Gasteiger partial charge in [-0.3, -0.25) is 0 Å². The summed E-state index contributed by atoms with van der Waals surface area (Å²) in [6.07, 6.45) is 9.50. The van der Waals surface area contributed by atoms with Gasteiger partial charge in [-0.15, -0.1) is 0 Å². The van der Waals surface area contributed by atoms with Crippen molar-refractivity contribution < 1.29 is 28.5 Å². The van der Waals surface area contributed by atoms with Crippen LogP contribution < -0.4 is 0 Å². The molecular formula is C21H26O6. The van der Waals surface area contributed by atoms with Gasteiger partial charge in [0.15, 0.2) is 0 Å². The van der Waals surface area contributed by atoms with Gasteiger partial charge in [-0.05, 0) is 45.8 Å². The van der Waals surface area contributed by atoms with Gasteiger partial charge in [0.05, 0.1) is 6.26 Å². The van der Waals surface area contributed by atoms with Crippen LogP contribution in [0, 0.1) is 0 Å². The Hall–Kier alpha value is -2.60.